The molecule has 21 heavy (non-hydrogen) atoms. The maximum Gasteiger partial charge on any atom is 0.258 e. The zero-order valence-electron chi connectivity index (χ0n) is 12.6. The smallest absolute Gasteiger partial charge is 0.258 e. The van der Waals surface area contributed by atoms with Gasteiger partial charge in [-0.3, -0.25) is 4.79 Å². The first-order chi connectivity index (χ1) is 9.90. The zero-order valence-corrected chi connectivity index (χ0v) is 14.2. The van der Waals surface area contributed by atoms with Crippen molar-refractivity contribution in [2.45, 2.75) is 44.7 Å². The quantitative estimate of drug-likeness (QED) is 0.693. The number of thioether (sulfide) groups is 1. The molecule has 1 aromatic carbocycles. The molecule has 1 heterocycles. The van der Waals surface area contributed by atoms with Gasteiger partial charge in [0.05, 0.1) is 17.2 Å². The standard InChI is InChI=1S/C15H19N3OS2/c1-9(2)18(10(3)4)15(20)21-11-5-6-13-12(7-11)14(19)17-8-16-13/h5-10H,1-4H3,(H,16,17,19). The summed E-state index contributed by atoms with van der Waals surface area (Å²) in [4.78, 5) is 21.7. The molecule has 0 fully saturated rings. The predicted octanol–water partition coefficient (Wildman–Crippen LogP) is 3.42. The molecule has 4 nitrogen and oxygen atoms in total. The van der Waals surface area contributed by atoms with Crippen molar-refractivity contribution in [3.8, 4) is 0 Å². The summed E-state index contributed by atoms with van der Waals surface area (Å²) in [5, 5.41) is 0.589. The Morgan fingerprint density at radius 1 is 1.29 bits per heavy atom. The third-order valence-electron chi connectivity index (χ3n) is 3.14. The average molecular weight is 321 g/mol. The van der Waals surface area contributed by atoms with E-state index in [0.29, 0.717) is 23.0 Å². The van der Waals surface area contributed by atoms with E-state index >= 15 is 0 Å². The summed E-state index contributed by atoms with van der Waals surface area (Å²) in [5.74, 6) is 0. The van der Waals surface area contributed by atoms with Crippen LogP contribution in [0.2, 0.25) is 0 Å². The van der Waals surface area contributed by atoms with E-state index in [4.69, 9.17) is 12.2 Å². The number of hydrogen-bond donors (Lipinski definition) is 1. The molecule has 0 saturated carbocycles. The normalized spacial score (nSPS) is 11.3. The van der Waals surface area contributed by atoms with Crippen LogP contribution in [-0.2, 0) is 0 Å². The predicted molar refractivity (Wildman–Crippen MR) is 92.9 cm³/mol. The second-order valence-electron chi connectivity index (χ2n) is 5.37. The average Bonchev–Trinajstić information content (AvgIpc) is 2.38. The van der Waals surface area contributed by atoms with Crippen LogP contribution in [0.4, 0.5) is 0 Å². The van der Waals surface area contributed by atoms with Crippen molar-refractivity contribution in [1.29, 1.82) is 0 Å². The molecule has 112 valence electrons. The van der Waals surface area contributed by atoms with Crippen LogP contribution < -0.4 is 5.56 Å². The summed E-state index contributed by atoms with van der Waals surface area (Å²) in [6, 6.07) is 6.33. The molecule has 6 heteroatoms. The lowest BCUT2D eigenvalue weighted by atomic mass is 10.2. The Hall–Kier alpha value is -1.40. The van der Waals surface area contributed by atoms with Crippen molar-refractivity contribution in [3.63, 3.8) is 0 Å². The molecular weight excluding hydrogens is 302 g/mol. The Labute approximate surface area is 134 Å². The fourth-order valence-electron chi connectivity index (χ4n) is 2.28. The van der Waals surface area contributed by atoms with Crippen LogP contribution in [0.5, 0.6) is 0 Å². The van der Waals surface area contributed by atoms with Crippen LogP contribution in [0.25, 0.3) is 10.9 Å². The topological polar surface area (TPSA) is 49.0 Å². The molecule has 1 N–H and O–H groups in total. The Balaban J connectivity index is 2.29. The van der Waals surface area contributed by atoms with Crippen molar-refractivity contribution in [2.24, 2.45) is 0 Å². The SMILES string of the molecule is CC(C)N(C(=S)Sc1ccc2nc[nH]c(=O)c2c1)C(C)C. The highest BCUT2D eigenvalue weighted by Gasteiger charge is 2.18. The monoisotopic (exact) mass is 321 g/mol. The highest BCUT2D eigenvalue weighted by molar-refractivity contribution is 8.22. The molecule has 0 aliphatic carbocycles. The summed E-state index contributed by atoms with van der Waals surface area (Å²) in [7, 11) is 0. The van der Waals surface area contributed by atoms with E-state index in [-0.39, 0.29) is 5.56 Å². The van der Waals surface area contributed by atoms with Crippen LogP contribution in [-0.4, -0.2) is 31.3 Å². The number of thiocarbonyl (C=S) groups is 1. The van der Waals surface area contributed by atoms with Gasteiger partial charge in [-0.15, -0.1) is 0 Å². The van der Waals surface area contributed by atoms with Gasteiger partial charge in [-0.2, -0.15) is 0 Å². The number of nitrogens with one attached hydrogen (secondary N) is 1. The van der Waals surface area contributed by atoms with Crippen LogP contribution in [0, 0.1) is 0 Å². The fraction of sp³-hybridized carbons (Fsp3) is 0.400. The second-order valence-corrected chi connectivity index (χ2v) is 7.08. The van der Waals surface area contributed by atoms with Crippen molar-refractivity contribution in [3.05, 3.63) is 34.9 Å². The molecule has 0 amide bonds. The van der Waals surface area contributed by atoms with E-state index in [1.54, 1.807) is 0 Å². The molecule has 0 saturated heterocycles. The summed E-state index contributed by atoms with van der Waals surface area (Å²) in [5.41, 5.74) is 0.566. The second kappa shape index (κ2) is 6.58. The molecule has 0 bridgehead atoms. The largest absolute Gasteiger partial charge is 0.352 e. The number of benzene rings is 1. The van der Waals surface area contributed by atoms with Crippen molar-refractivity contribution < 1.29 is 0 Å². The van der Waals surface area contributed by atoms with Crippen molar-refractivity contribution in [1.82, 2.24) is 14.9 Å². The molecule has 0 spiro atoms. The summed E-state index contributed by atoms with van der Waals surface area (Å²) >= 11 is 7.06. The van der Waals surface area contributed by atoms with Crippen LogP contribution in [0.3, 0.4) is 0 Å². The third-order valence-corrected chi connectivity index (χ3v) is 4.48. The molecule has 0 unspecified atom stereocenters. The lowest BCUT2D eigenvalue weighted by molar-refractivity contribution is 0.303. The minimum Gasteiger partial charge on any atom is -0.352 e. The van der Waals surface area contributed by atoms with Gasteiger partial charge in [0.1, 0.15) is 4.32 Å². The van der Waals surface area contributed by atoms with E-state index < -0.39 is 0 Å². The minimum absolute atomic E-state index is 0.127. The molecule has 2 aromatic rings. The van der Waals surface area contributed by atoms with Gasteiger partial charge in [-0.25, -0.2) is 4.98 Å². The molecule has 0 aliphatic rings. The number of H-pyrrole nitrogens is 1. The number of aromatic nitrogens is 2. The molecular formula is C15H19N3OS2. The first kappa shape index (κ1) is 16.0. The lowest BCUT2D eigenvalue weighted by Crippen LogP contribution is -2.39. The Kier molecular flexibility index (Phi) is 5.00. The van der Waals surface area contributed by atoms with Gasteiger partial charge in [0, 0.05) is 17.0 Å². The van der Waals surface area contributed by atoms with Gasteiger partial charge in [0.25, 0.3) is 5.56 Å². The van der Waals surface area contributed by atoms with Gasteiger partial charge >= 0.3 is 0 Å². The minimum atomic E-state index is -0.127. The van der Waals surface area contributed by atoms with Crippen molar-refractivity contribution in [2.75, 3.05) is 0 Å². The Morgan fingerprint density at radius 3 is 2.57 bits per heavy atom. The van der Waals surface area contributed by atoms with E-state index in [1.807, 2.05) is 18.2 Å². The first-order valence-electron chi connectivity index (χ1n) is 6.87. The maximum atomic E-state index is 11.8. The van der Waals surface area contributed by atoms with Gasteiger partial charge < -0.3 is 9.88 Å². The number of nitrogens with zero attached hydrogens (tertiary/aromatic N) is 2. The van der Waals surface area contributed by atoms with E-state index in [1.165, 1.54) is 18.1 Å². The number of aromatic amines is 1. The highest BCUT2D eigenvalue weighted by Crippen LogP contribution is 2.26. The van der Waals surface area contributed by atoms with Gasteiger partial charge in [0.15, 0.2) is 0 Å². The van der Waals surface area contributed by atoms with Gasteiger partial charge in [-0.1, -0.05) is 24.0 Å². The molecule has 0 radical (unpaired) electrons. The molecule has 2 rings (SSSR count). The van der Waals surface area contributed by atoms with E-state index in [9.17, 15) is 4.79 Å². The van der Waals surface area contributed by atoms with Crippen LogP contribution in [0.15, 0.2) is 34.2 Å². The third kappa shape index (κ3) is 3.63. The van der Waals surface area contributed by atoms with E-state index in [2.05, 4.69) is 42.6 Å². The molecule has 1 aromatic heterocycles. The van der Waals surface area contributed by atoms with Crippen molar-refractivity contribution >= 4 is 39.2 Å². The summed E-state index contributed by atoms with van der Waals surface area (Å²) < 4.78 is 0.819. The lowest BCUT2D eigenvalue weighted by Gasteiger charge is -2.32. The zero-order chi connectivity index (χ0) is 15.6. The first-order valence-corrected chi connectivity index (χ1v) is 8.10. The maximum absolute atomic E-state index is 11.8. The van der Waals surface area contributed by atoms with Crippen LogP contribution >= 0.6 is 24.0 Å². The number of rotatable bonds is 3. The summed E-state index contributed by atoms with van der Waals surface area (Å²) in [6.45, 7) is 8.51. The fourth-order valence-corrected chi connectivity index (χ4v) is 4.03. The molecule has 0 aliphatic heterocycles. The van der Waals surface area contributed by atoms with E-state index in [0.717, 1.165) is 9.22 Å². The Morgan fingerprint density at radius 2 is 1.95 bits per heavy atom. The van der Waals surface area contributed by atoms with Gasteiger partial charge in [0.2, 0.25) is 0 Å². The summed E-state index contributed by atoms with van der Waals surface area (Å²) in [6.07, 6.45) is 1.42. The highest BCUT2D eigenvalue weighted by atomic mass is 32.2. The number of hydrogen-bond acceptors (Lipinski definition) is 4. The van der Waals surface area contributed by atoms with Gasteiger partial charge in [-0.05, 0) is 45.9 Å². The number of fused-ring (bicyclic) bond motifs is 1. The Bertz CT molecular complexity index is 701. The van der Waals surface area contributed by atoms with Crippen LogP contribution in [0.1, 0.15) is 27.7 Å². The molecule has 0 atom stereocenters.